The predicted molar refractivity (Wildman–Crippen MR) is 131 cm³/mol. The molecule has 1 unspecified atom stereocenters. The number of terminal acetylenes is 1. The number of fused-ring (bicyclic) bond motifs is 1. The number of aromatic nitrogens is 1. The Balaban J connectivity index is 1.75. The molecule has 0 bridgehead atoms. The van der Waals surface area contributed by atoms with Gasteiger partial charge in [0.25, 0.3) is 5.91 Å². The fourth-order valence-electron chi connectivity index (χ4n) is 3.91. The molecule has 8 nitrogen and oxygen atoms in total. The zero-order chi connectivity index (χ0) is 24.5. The fourth-order valence-corrected chi connectivity index (χ4v) is 6.73. The van der Waals surface area contributed by atoms with Crippen molar-refractivity contribution in [3.8, 4) is 23.8 Å². The van der Waals surface area contributed by atoms with Crippen LogP contribution in [0.5, 0.6) is 11.5 Å². The summed E-state index contributed by atoms with van der Waals surface area (Å²) in [4.78, 5) is 18.0. The SMILES string of the molecule is C#CCn1c(=NC(=O)C2CCCN2S(=O)(=O)c2ccc(Cl)cc2)sc2cc(OC)c(OC)cc21. The summed E-state index contributed by atoms with van der Waals surface area (Å²) in [5, 5.41) is 0.430. The number of benzene rings is 2. The van der Waals surface area contributed by atoms with E-state index in [0.29, 0.717) is 34.2 Å². The number of thiazole rings is 1. The smallest absolute Gasteiger partial charge is 0.266 e. The maximum absolute atomic E-state index is 13.2. The highest BCUT2D eigenvalue weighted by Gasteiger charge is 2.39. The van der Waals surface area contributed by atoms with Crippen molar-refractivity contribution in [3.05, 3.63) is 46.2 Å². The van der Waals surface area contributed by atoms with Crippen LogP contribution in [-0.4, -0.2) is 50.0 Å². The van der Waals surface area contributed by atoms with E-state index in [1.807, 2.05) is 0 Å². The first-order valence-electron chi connectivity index (χ1n) is 10.3. The zero-order valence-corrected chi connectivity index (χ0v) is 20.9. The number of carbonyl (C=O) groups excluding carboxylic acids is 1. The molecule has 0 N–H and O–H groups in total. The first kappa shape index (κ1) is 24.3. The highest BCUT2D eigenvalue weighted by Crippen LogP contribution is 2.33. The van der Waals surface area contributed by atoms with E-state index < -0.39 is 22.0 Å². The van der Waals surface area contributed by atoms with E-state index in [4.69, 9.17) is 27.5 Å². The summed E-state index contributed by atoms with van der Waals surface area (Å²) in [7, 11) is -0.807. The van der Waals surface area contributed by atoms with Gasteiger partial charge in [-0.1, -0.05) is 28.9 Å². The predicted octanol–water partition coefficient (Wildman–Crippen LogP) is 3.29. The lowest BCUT2D eigenvalue weighted by atomic mass is 10.2. The second-order valence-corrected chi connectivity index (χ2v) is 10.9. The van der Waals surface area contributed by atoms with Crippen molar-refractivity contribution >= 4 is 49.1 Å². The van der Waals surface area contributed by atoms with Crippen LogP contribution in [-0.2, 0) is 21.4 Å². The van der Waals surface area contributed by atoms with Crippen molar-refractivity contribution in [2.75, 3.05) is 20.8 Å². The third-order valence-corrected chi connectivity index (χ3v) is 8.77. The van der Waals surface area contributed by atoms with Crippen molar-refractivity contribution < 1.29 is 22.7 Å². The van der Waals surface area contributed by atoms with Gasteiger partial charge < -0.3 is 14.0 Å². The van der Waals surface area contributed by atoms with E-state index in [0.717, 1.165) is 10.2 Å². The van der Waals surface area contributed by atoms with E-state index in [2.05, 4.69) is 10.9 Å². The van der Waals surface area contributed by atoms with Gasteiger partial charge in [0.05, 0.1) is 35.9 Å². The van der Waals surface area contributed by atoms with Gasteiger partial charge in [-0.05, 0) is 37.1 Å². The van der Waals surface area contributed by atoms with E-state index in [1.165, 1.54) is 54.1 Å². The summed E-state index contributed by atoms with van der Waals surface area (Å²) in [6.45, 7) is 0.418. The number of rotatable bonds is 6. The minimum Gasteiger partial charge on any atom is -0.493 e. The molecular weight excluding hydrogens is 498 g/mol. The topological polar surface area (TPSA) is 90.2 Å². The summed E-state index contributed by atoms with van der Waals surface area (Å²) in [6, 6.07) is 8.56. The molecule has 1 fully saturated rings. The normalized spacial score (nSPS) is 17.1. The van der Waals surface area contributed by atoms with Crippen LogP contribution in [0.1, 0.15) is 12.8 Å². The first-order valence-corrected chi connectivity index (χ1v) is 13.0. The highest BCUT2D eigenvalue weighted by molar-refractivity contribution is 7.89. The second kappa shape index (κ2) is 9.80. The lowest BCUT2D eigenvalue weighted by molar-refractivity contribution is -0.121. The van der Waals surface area contributed by atoms with E-state index in [9.17, 15) is 13.2 Å². The molecule has 11 heteroatoms. The van der Waals surface area contributed by atoms with Crippen LogP contribution in [0.15, 0.2) is 46.3 Å². The lowest BCUT2D eigenvalue weighted by Gasteiger charge is -2.21. The number of amides is 1. The molecule has 1 saturated heterocycles. The minimum absolute atomic E-state index is 0.0834. The molecule has 4 rings (SSSR count). The average molecular weight is 520 g/mol. The van der Waals surface area contributed by atoms with Crippen molar-refractivity contribution in [3.63, 3.8) is 0 Å². The molecule has 178 valence electrons. The summed E-state index contributed by atoms with van der Waals surface area (Å²) < 4.78 is 40.9. The molecule has 2 aromatic carbocycles. The Bertz CT molecular complexity index is 1450. The lowest BCUT2D eigenvalue weighted by Crippen LogP contribution is -2.40. The van der Waals surface area contributed by atoms with E-state index in [1.54, 1.807) is 16.7 Å². The van der Waals surface area contributed by atoms with Gasteiger partial charge in [0, 0.05) is 23.7 Å². The molecule has 1 aliphatic rings. The molecule has 1 atom stereocenters. The molecule has 0 aliphatic carbocycles. The summed E-state index contributed by atoms with van der Waals surface area (Å²) >= 11 is 7.16. The number of hydrogen-bond acceptors (Lipinski definition) is 6. The Morgan fingerprint density at radius 3 is 2.56 bits per heavy atom. The summed E-state index contributed by atoms with van der Waals surface area (Å²) in [5.41, 5.74) is 0.740. The number of nitrogens with zero attached hydrogens (tertiary/aromatic N) is 3. The fraction of sp³-hybridized carbons (Fsp3) is 0.304. The molecule has 34 heavy (non-hydrogen) atoms. The van der Waals surface area contributed by atoms with Gasteiger partial charge >= 0.3 is 0 Å². The molecule has 0 radical (unpaired) electrons. The van der Waals surface area contributed by atoms with E-state index >= 15 is 0 Å². The number of methoxy groups -OCH3 is 2. The number of halogens is 1. The van der Waals surface area contributed by atoms with Crippen molar-refractivity contribution in [2.24, 2.45) is 4.99 Å². The Morgan fingerprint density at radius 2 is 1.91 bits per heavy atom. The van der Waals surface area contributed by atoms with Crippen LogP contribution < -0.4 is 14.3 Å². The van der Waals surface area contributed by atoms with Gasteiger partial charge in [-0.2, -0.15) is 9.30 Å². The monoisotopic (exact) mass is 519 g/mol. The maximum atomic E-state index is 13.2. The standard InChI is InChI=1S/C23H22ClN3O5S2/c1-4-11-26-18-13-19(31-2)20(32-3)14-21(18)33-23(26)25-22(28)17-6-5-12-27(17)34(29,30)16-9-7-15(24)8-10-16/h1,7-10,13-14,17H,5-6,11-12H2,2-3H3. The van der Waals surface area contributed by atoms with Crippen molar-refractivity contribution in [1.82, 2.24) is 8.87 Å². The second-order valence-electron chi connectivity index (χ2n) is 7.53. The van der Waals surface area contributed by atoms with Gasteiger partial charge in [-0.25, -0.2) is 8.42 Å². The number of sulfonamides is 1. The Kier molecular flexibility index (Phi) is 7.00. The van der Waals surface area contributed by atoms with Gasteiger partial charge in [0.2, 0.25) is 10.0 Å². The average Bonchev–Trinajstić information content (AvgIpc) is 3.44. The summed E-state index contributed by atoms with van der Waals surface area (Å²) in [5.74, 6) is 3.10. The molecule has 0 saturated carbocycles. The molecule has 1 aromatic heterocycles. The zero-order valence-electron chi connectivity index (χ0n) is 18.5. The largest absolute Gasteiger partial charge is 0.493 e. The first-order chi connectivity index (χ1) is 16.3. The quantitative estimate of drug-likeness (QED) is 0.466. The van der Waals surface area contributed by atoms with Crippen molar-refractivity contribution in [2.45, 2.75) is 30.3 Å². The number of hydrogen-bond donors (Lipinski definition) is 0. The third kappa shape index (κ3) is 4.44. The van der Waals surface area contributed by atoms with E-state index in [-0.39, 0.29) is 18.0 Å². The molecule has 1 aliphatic heterocycles. The van der Waals surface area contributed by atoms with Crippen LogP contribution in [0.3, 0.4) is 0 Å². The van der Waals surface area contributed by atoms with Crippen LogP contribution in [0.25, 0.3) is 10.2 Å². The van der Waals surface area contributed by atoms with Gasteiger partial charge in [-0.15, -0.1) is 6.42 Å². The maximum Gasteiger partial charge on any atom is 0.266 e. The van der Waals surface area contributed by atoms with Crippen LogP contribution in [0.4, 0.5) is 0 Å². The number of carbonyl (C=O) groups is 1. The Hall–Kier alpha value is -2.84. The Labute approximate surface area is 206 Å². The van der Waals surface area contributed by atoms with Gasteiger partial charge in [-0.3, -0.25) is 4.79 Å². The summed E-state index contributed by atoms with van der Waals surface area (Å²) in [6.07, 6.45) is 6.51. The minimum atomic E-state index is -3.88. The molecule has 1 amide bonds. The van der Waals surface area contributed by atoms with Crippen molar-refractivity contribution in [1.29, 1.82) is 0 Å². The molecule has 2 heterocycles. The highest BCUT2D eigenvalue weighted by atomic mass is 35.5. The molecule has 0 spiro atoms. The Morgan fingerprint density at radius 1 is 1.24 bits per heavy atom. The molecule has 3 aromatic rings. The van der Waals surface area contributed by atoms with Gasteiger partial charge in [0.15, 0.2) is 16.3 Å². The van der Waals surface area contributed by atoms with Gasteiger partial charge in [0.1, 0.15) is 6.04 Å². The van der Waals surface area contributed by atoms with Crippen LogP contribution >= 0.6 is 22.9 Å². The number of ether oxygens (including phenoxy) is 2. The third-order valence-electron chi connectivity index (χ3n) is 5.55. The van der Waals surface area contributed by atoms with Crippen LogP contribution in [0, 0.1) is 12.3 Å². The molecular formula is C23H22ClN3O5S2. The van der Waals surface area contributed by atoms with Crippen LogP contribution in [0.2, 0.25) is 5.02 Å².